The predicted molar refractivity (Wildman–Crippen MR) is 82.3 cm³/mol. The van der Waals surface area contributed by atoms with Crippen LogP contribution in [-0.4, -0.2) is 48.5 Å². The van der Waals surface area contributed by atoms with E-state index in [-0.39, 0.29) is 5.91 Å². The zero-order chi connectivity index (χ0) is 14.7. The van der Waals surface area contributed by atoms with Crippen molar-refractivity contribution in [3.05, 3.63) is 29.7 Å². The standard InChI is InChI=1S/C13H15ClN4OS/c1-17(2)8-10(19)18(3)13-11(14)16-12(20-13)9-5-4-6-15-7-9/h4-7H,8H2,1-3H3. The third-order valence-corrected chi connectivity index (χ3v) is 4.16. The lowest BCUT2D eigenvalue weighted by molar-refractivity contribution is -0.118. The maximum absolute atomic E-state index is 12.0. The number of aromatic nitrogens is 2. The first-order valence-corrected chi connectivity index (χ1v) is 7.16. The highest BCUT2D eigenvalue weighted by atomic mass is 35.5. The highest BCUT2D eigenvalue weighted by molar-refractivity contribution is 7.19. The molecule has 0 saturated heterocycles. The molecule has 5 nitrogen and oxygen atoms in total. The zero-order valence-electron chi connectivity index (χ0n) is 11.5. The van der Waals surface area contributed by atoms with E-state index in [0.29, 0.717) is 16.7 Å². The van der Waals surface area contributed by atoms with Crippen molar-refractivity contribution in [1.82, 2.24) is 14.9 Å². The number of amides is 1. The molecule has 0 aromatic carbocycles. The van der Waals surface area contributed by atoms with Gasteiger partial charge in [0.2, 0.25) is 5.91 Å². The third-order valence-electron chi connectivity index (χ3n) is 2.61. The normalized spacial score (nSPS) is 10.8. The van der Waals surface area contributed by atoms with Crippen LogP contribution in [-0.2, 0) is 4.79 Å². The summed E-state index contributed by atoms with van der Waals surface area (Å²) < 4.78 is 0. The van der Waals surface area contributed by atoms with Crippen LogP contribution in [0.3, 0.4) is 0 Å². The van der Waals surface area contributed by atoms with Crippen LogP contribution in [0.15, 0.2) is 24.5 Å². The molecule has 0 N–H and O–H groups in total. The Morgan fingerprint density at radius 1 is 1.40 bits per heavy atom. The molecule has 0 unspecified atom stereocenters. The van der Waals surface area contributed by atoms with E-state index in [4.69, 9.17) is 11.6 Å². The summed E-state index contributed by atoms with van der Waals surface area (Å²) in [6, 6.07) is 3.75. The number of rotatable bonds is 4. The molecule has 20 heavy (non-hydrogen) atoms. The van der Waals surface area contributed by atoms with E-state index in [1.165, 1.54) is 11.3 Å². The summed E-state index contributed by atoms with van der Waals surface area (Å²) in [6.45, 7) is 0.326. The van der Waals surface area contributed by atoms with Crippen molar-refractivity contribution in [2.24, 2.45) is 0 Å². The Balaban J connectivity index is 2.26. The van der Waals surface area contributed by atoms with Gasteiger partial charge in [-0.1, -0.05) is 22.9 Å². The van der Waals surface area contributed by atoms with Gasteiger partial charge in [0.05, 0.1) is 6.54 Å². The van der Waals surface area contributed by atoms with Gasteiger partial charge in [-0.15, -0.1) is 0 Å². The van der Waals surface area contributed by atoms with Gasteiger partial charge >= 0.3 is 0 Å². The van der Waals surface area contributed by atoms with Crippen molar-refractivity contribution in [3.63, 3.8) is 0 Å². The lowest BCUT2D eigenvalue weighted by Crippen LogP contribution is -2.34. The molecule has 0 aliphatic rings. The molecular formula is C13H15ClN4OS. The molecule has 2 aromatic heterocycles. The number of pyridine rings is 1. The Morgan fingerprint density at radius 3 is 2.75 bits per heavy atom. The summed E-state index contributed by atoms with van der Waals surface area (Å²) in [5.74, 6) is -0.0294. The van der Waals surface area contributed by atoms with Crippen LogP contribution in [0.1, 0.15) is 0 Å². The number of nitrogens with zero attached hydrogens (tertiary/aromatic N) is 4. The maximum Gasteiger partial charge on any atom is 0.241 e. The summed E-state index contributed by atoms with van der Waals surface area (Å²) in [5, 5.41) is 1.74. The van der Waals surface area contributed by atoms with Crippen molar-refractivity contribution in [2.75, 3.05) is 32.6 Å². The highest BCUT2D eigenvalue weighted by Crippen LogP contribution is 2.36. The molecule has 7 heteroatoms. The fourth-order valence-electron chi connectivity index (χ4n) is 1.60. The second kappa shape index (κ2) is 6.30. The van der Waals surface area contributed by atoms with Crippen molar-refractivity contribution < 1.29 is 4.79 Å². The Hall–Kier alpha value is -1.50. The second-order valence-corrected chi connectivity index (χ2v) is 5.88. The molecular weight excluding hydrogens is 296 g/mol. The van der Waals surface area contributed by atoms with Crippen LogP contribution < -0.4 is 4.90 Å². The van der Waals surface area contributed by atoms with Gasteiger partial charge < -0.3 is 9.80 Å². The Kier molecular flexibility index (Phi) is 4.69. The van der Waals surface area contributed by atoms with Crippen molar-refractivity contribution >= 4 is 33.8 Å². The van der Waals surface area contributed by atoms with Crippen LogP contribution in [0.25, 0.3) is 10.6 Å². The minimum absolute atomic E-state index is 0.0294. The number of likely N-dealkylation sites (N-methyl/N-ethyl adjacent to an activating group) is 2. The number of carbonyl (C=O) groups excluding carboxylic acids is 1. The first kappa shape index (κ1) is 14.9. The van der Waals surface area contributed by atoms with E-state index in [9.17, 15) is 4.79 Å². The minimum atomic E-state index is -0.0294. The van der Waals surface area contributed by atoms with Gasteiger partial charge in [-0.25, -0.2) is 4.98 Å². The fourth-order valence-corrected chi connectivity index (χ4v) is 2.91. The van der Waals surface area contributed by atoms with Gasteiger partial charge in [-0.05, 0) is 26.2 Å². The molecule has 0 saturated carbocycles. The summed E-state index contributed by atoms with van der Waals surface area (Å²) in [7, 11) is 5.40. The van der Waals surface area contributed by atoms with Crippen LogP contribution in [0.4, 0.5) is 5.00 Å². The van der Waals surface area contributed by atoms with E-state index in [1.807, 2.05) is 31.1 Å². The van der Waals surface area contributed by atoms with Gasteiger partial charge in [0.1, 0.15) is 10.0 Å². The van der Waals surface area contributed by atoms with E-state index < -0.39 is 0 Å². The molecule has 0 aliphatic carbocycles. The van der Waals surface area contributed by atoms with Gasteiger partial charge in [-0.3, -0.25) is 9.78 Å². The Morgan fingerprint density at radius 2 is 2.15 bits per heavy atom. The van der Waals surface area contributed by atoms with Gasteiger partial charge in [0.15, 0.2) is 5.15 Å². The number of halogens is 1. The summed E-state index contributed by atoms with van der Waals surface area (Å²) in [6.07, 6.45) is 3.42. The third kappa shape index (κ3) is 3.33. The molecule has 0 atom stereocenters. The fraction of sp³-hybridized carbons (Fsp3) is 0.308. The van der Waals surface area contributed by atoms with Crippen molar-refractivity contribution in [2.45, 2.75) is 0 Å². The number of hydrogen-bond donors (Lipinski definition) is 0. The monoisotopic (exact) mass is 310 g/mol. The lowest BCUT2D eigenvalue weighted by atomic mass is 10.3. The van der Waals surface area contributed by atoms with Crippen LogP contribution in [0.5, 0.6) is 0 Å². The molecule has 1 amide bonds. The lowest BCUT2D eigenvalue weighted by Gasteiger charge is -2.17. The van der Waals surface area contributed by atoms with Gasteiger partial charge in [0, 0.05) is 25.0 Å². The number of carbonyl (C=O) groups is 1. The summed E-state index contributed by atoms with van der Waals surface area (Å²) in [5.41, 5.74) is 0.888. The molecule has 2 aromatic rings. The molecule has 2 heterocycles. The van der Waals surface area contributed by atoms with Crippen molar-refractivity contribution in [1.29, 1.82) is 0 Å². The van der Waals surface area contributed by atoms with E-state index in [1.54, 1.807) is 24.3 Å². The van der Waals surface area contributed by atoms with E-state index in [2.05, 4.69) is 9.97 Å². The second-order valence-electron chi connectivity index (χ2n) is 4.55. The first-order chi connectivity index (χ1) is 9.49. The summed E-state index contributed by atoms with van der Waals surface area (Å²) >= 11 is 7.52. The van der Waals surface area contributed by atoms with E-state index >= 15 is 0 Å². The Labute approximate surface area is 126 Å². The maximum atomic E-state index is 12.0. The van der Waals surface area contributed by atoms with Crippen LogP contribution in [0, 0.1) is 0 Å². The van der Waals surface area contributed by atoms with E-state index in [0.717, 1.165) is 10.6 Å². The Bertz CT molecular complexity index is 600. The number of thiazole rings is 1. The minimum Gasteiger partial charge on any atom is -0.303 e. The number of hydrogen-bond acceptors (Lipinski definition) is 5. The molecule has 2 rings (SSSR count). The van der Waals surface area contributed by atoms with Crippen LogP contribution >= 0.6 is 22.9 Å². The quantitative estimate of drug-likeness (QED) is 0.870. The number of anilines is 1. The SMILES string of the molecule is CN(C)CC(=O)N(C)c1sc(-c2cccnc2)nc1Cl. The topological polar surface area (TPSA) is 49.3 Å². The molecule has 0 radical (unpaired) electrons. The predicted octanol–water partition coefficient (Wildman–Crippen LogP) is 2.38. The average molecular weight is 311 g/mol. The van der Waals surface area contributed by atoms with Crippen LogP contribution in [0.2, 0.25) is 5.15 Å². The molecule has 0 bridgehead atoms. The molecule has 106 valence electrons. The zero-order valence-corrected chi connectivity index (χ0v) is 13.1. The smallest absolute Gasteiger partial charge is 0.241 e. The largest absolute Gasteiger partial charge is 0.303 e. The van der Waals surface area contributed by atoms with Crippen molar-refractivity contribution in [3.8, 4) is 10.6 Å². The first-order valence-electron chi connectivity index (χ1n) is 5.97. The molecule has 0 fully saturated rings. The molecule has 0 spiro atoms. The molecule has 0 aliphatic heterocycles. The summed E-state index contributed by atoms with van der Waals surface area (Å²) in [4.78, 5) is 23.8. The highest BCUT2D eigenvalue weighted by Gasteiger charge is 2.19. The van der Waals surface area contributed by atoms with Gasteiger partial charge in [0.25, 0.3) is 0 Å². The average Bonchev–Trinajstić information content (AvgIpc) is 2.80. The van der Waals surface area contributed by atoms with Gasteiger partial charge in [-0.2, -0.15) is 0 Å².